The van der Waals surface area contributed by atoms with Crippen LogP contribution >= 0.6 is 0 Å². The van der Waals surface area contributed by atoms with Crippen molar-refractivity contribution in [2.45, 2.75) is 68.7 Å². The highest BCUT2D eigenvalue weighted by Crippen LogP contribution is 2.45. The molecule has 0 spiro atoms. The summed E-state index contributed by atoms with van der Waals surface area (Å²) < 4.78 is 17.4. The van der Waals surface area contributed by atoms with Crippen molar-refractivity contribution in [1.82, 2.24) is 20.7 Å². The van der Waals surface area contributed by atoms with Gasteiger partial charge in [-0.15, -0.1) is 0 Å². The third-order valence-corrected chi connectivity index (χ3v) is 9.60. The first-order valence-electron chi connectivity index (χ1n) is 17.2. The molecular weight excluding hydrogens is 638 g/mol. The van der Waals surface area contributed by atoms with Gasteiger partial charge in [0.15, 0.2) is 11.3 Å². The van der Waals surface area contributed by atoms with Crippen LogP contribution in [0.1, 0.15) is 44.9 Å². The minimum absolute atomic E-state index is 0.0687. The lowest BCUT2D eigenvalue weighted by molar-refractivity contribution is -0.141. The molecule has 0 radical (unpaired) electrons. The van der Waals surface area contributed by atoms with Gasteiger partial charge >= 0.3 is 6.08 Å². The fraction of sp³-hybridized carbons (Fsp3) is 0.368. The van der Waals surface area contributed by atoms with Gasteiger partial charge in [-0.2, -0.15) is 10.5 Å². The second-order valence-corrected chi connectivity index (χ2v) is 13.0. The molecule has 1 saturated carbocycles. The van der Waals surface area contributed by atoms with E-state index in [1.165, 1.54) is 0 Å². The van der Waals surface area contributed by atoms with Crippen molar-refractivity contribution >= 4 is 34.5 Å². The predicted octanol–water partition coefficient (Wildman–Crippen LogP) is 5.17. The Morgan fingerprint density at radius 3 is 2.66 bits per heavy atom. The summed E-state index contributed by atoms with van der Waals surface area (Å²) in [5.41, 5.74) is 3.27. The van der Waals surface area contributed by atoms with Crippen molar-refractivity contribution in [3.63, 3.8) is 0 Å². The first-order valence-corrected chi connectivity index (χ1v) is 17.2. The molecule has 1 saturated heterocycles. The molecule has 3 aliphatic rings. The summed E-state index contributed by atoms with van der Waals surface area (Å²) in [6.45, 7) is 0.131. The molecule has 0 bridgehead atoms. The largest absolute Gasteiger partial charge is 0.497 e. The fourth-order valence-electron chi connectivity index (χ4n) is 6.81. The van der Waals surface area contributed by atoms with Crippen LogP contribution in [0.3, 0.4) is 0 Å². The number of aromatic nitrogens is 1. The Morgan fingerprint density at radius 2 is 1.82 bits per heavy atom. The zero-order valence-corrected chi connectivity index (χ0v) is 27.9. The van der Waals surface area contributed by atoms with E-state index in [9.17, 15) is 14.4 Å². The summed E-state index contributed by atoms with van der Waals surface area (Å²) in [5.74, 6) is -0.229. The van der Waals surface area contributed by atoms with E-state index in [2.05, 4.69) is 27.2 Å². The molecule has 12 nitrogen and oxygen atoms in total. The molecule has 1 aliphatic carbocycles. The molecule has 5 atom stereocenters. The molecule has 4 aromatic rings. The normalized spacial score (nSPS) is 26.0. The van der Waals surface area contributed by atoms with Crippen LogP contribution in [0.25, 0.3) is 11.1 Å². The summed E-state index contributed by atoms with van der Waals surface area (Å²) in [4.78, 5) is 54.1. The second-order valence-electron chi connectivity index (χ2n) is 13.0. The highest BCUT2D eigenvalue weighted by Gasteiger charge is 2.61. The van der Waals surface area contributed by atoms with Gasteiger partial charge in [-0.05, 0) is 62.1 Å². The van der Waals surface area contributed by atoms with Crippen molar-refractivity contribution in [3.05, 3.63) is 91.0 Å². The summed E-state index contributed by atoms with van der Waals surface area (Å²) in [7, 11) is 1.60. The number of carbonyl (C=O) groups is 3. The van der Waals surface area contributed by atoms with E-state index in [0.717, 1.165) is 31.4 Å². The topological polar surface area (TPSA) is 144 Å². The molecule has 50 heavy (non-hydrogen) atoms. The smallest absolute Gasteiger partial charge is 0.394 e. The number of oxazole rings is 1. The van der Waals surface area contributed by atoms with Crippen LogP contribution in [0.4, 0.5) is 5.69 Å². The maximum absolute atomic E-state index is 14.5. The molecule has 3 heterocycles. The van der Waals surface area contributed by atoms with Gasteiger partial charge in [0.1, 0.15) is 35.0 Å². The molecule has 1 aromatic heterocycles. The molecule has 2 fully saturated rings. The van der Waals surface area contributed by atoms with Crippen LogP contribution < -0.4 is 30.4 Å². The van der Waals surface area contributed by atoms with Crippen LogP contribution in [0.2, 0.25) is 0 Å². The number of hydrogen-bond donors (Lipinski definition) is 3. The van der Waals surface area contributed by atoms with Crippen LogP contribution in [0, 0.1) is 5.92 Å². The highest BCUT2D eigenvalue weighted by atomic mass is 16.7. The average Bonchev–Trinajstić information content (AvgIpc) is 3.43. The number of nitrogens with one attached hydrogen (secondary N) is 3. The zero-order valence-electron chi connectivity index (χ0n) is 27.9. The standard InChI is InChI=1S/C38H41N5O7/c1-47-28-17-12-14-26(21-28)39-31-19-9-4-2-3-6-13-25-23-38(25,36(46)42-50-27-15-7-5-8-16-27)41-34(44)32-22-29(24-43(32)35(31)45)48-37-40-30-18-10-11-20-33(30)49-37/h5-8,10-18,20-21,25,29,31-32,39H,2-4,9,19,22-24H2,1H3,(H,41,44)(H,42,46)/b13-6-/t25-,29+,31-,32-,38+/m0/s1. The Bertz CT molecular complexity index is 1830. The minimum atomic E-state index is -1.23. The summed E-state index contributed by atoms with van der Waals surface area (Å²) >= 11 is 0. The molecule has 12 heteroatoms. The lowest BCUT2D eigenvalue weighted by Gasteiger charge is -2.30. The van der Waals surface area contributed by atoms with Gasteiger partial charge in [-0.3, -0.25) is 14.4 Å². The molecule has 3 N–H and O–H groups in total. The number of amides is 3. The maximum atomic E-state index is 14.5. The third kappa shape index (κ3) is 7.24. The van der Waals surface area contributed by atoms with Crippen molar-refractivity contribution in [3.8, 4) is 17.6 Å². The van der Waals surface area contributed by atoms with Gasteiger partial charge in [0.2, 0.25) is 11.8 Å². The van der Waals surface area contributed by atoms with E-state index >= 15 is 0 Å². The van der Waals surface area contributed by atoms with Crippen LogP contribution in [0.5, 0.6) is 17.6 Å². The number of hydrogen-bond acceptors (Lipinski definition) is 9. The molecule has 3 amide bonds. The van der Waals surface area contributed by atoms with Gasteiger partial charge in [-0.1, -0.05) is 61.4 Å². The van der Waals surface area contributed by atoms with E-state index in [-0.39, 0.29) is 30.9 Å². The van der Waals surface area contributed by atoms with E-state index in [1.54, 1.807) is 42.3 Å². The van der Waals surface area contributed by atoms with Crippen molar-refractivity contribution < 1.29 is 33.1 Å². The van der Waals surface area contributed by atoms with E-state index in [4.69, 9.17) is 18.7 Å². The number of ether oxygens (including phenoxy) is 2. The van der Waals surface area contributed by atoms with E-state index in [0.29, 0.717) is 35.4 Å². The molecule has 3 aromatic carbocycles. The average molecular weight is 680 g/mol. The SMILES string of the molecule is COc1cccc(N[C@H]2CCCCC/C=C\[C@H]3C[C@@]3(C(=O)NOc3ccccc3)NC(=O)[C@@H]3C[C@@H](Oc4nc5ccccc5o4)CN3C2=O)c1. The number of carbonyl (C=O) groups excluding carboxylic acids is 3. The van der Waals surface area contributed by atoms with Crippen molar-refractivity contribution in [1.29, 1.82) is 0 Å². The zero-order chi connectivity index (χ0) is 34.5. The number of nitrogens with zero attached hydrogens (tertiary/aromatic N) is 2. The summed E-state index contributed by atoms with van der Waals surface area (Å²) in [6.07, 6.45) is 8.20. The Labute approximate surface area is 290 Å². The van der Waals surface area contributed by atoms with Gasteiger partial charge in [-0.25, -0.2) is 0 Å². The number of anilines is 1. The maximum Gasteiger partial charge on any atom is 0.394 e. The summed E-state index contributed by atoms with van der Waals surface area (Å²) in [6, 6.07) is 22.1. The fourth-order valence-corrected chi connectivity index (χ4v) is 6.81. The number of fused-ring (bicyclic) bond motifs is 3. The third-order valence-electron chi connectivity index (χ3n) is 9.60. The molecule has 7 rings (SSSR count). The first-order chi connectivity index (χ1) is 24.4. The number of para-hydroxylation sites is 3. The van der Waals surface area contributed by atoms with Gasteiger partial charge in [0.05, 0.1) is 13.7 Å². The van der Waals surface area contributed by atoms with Gasteiger partial charge in [0, 0.05) is 24.1 Å². The number of methoxy groups -OCH3 is 1. The molecular formula is C38H41N5O7. The van der Waals surface area contributed by atoms with E-state index < -0.39 is 35.5 Å². The number of benzene rings is 3. The highest BCUT2D eigenvalue weighted by molar-refractivity contribution is 5.98. The minimum Gasteiger partial charge on any atom is -0.497 e. The number of hydroxylamine groups is 1. The number of rotatable bonds is 8. The van der Waals surface area contributed by atoms with Gasteiger partial charge in [0.25, 0.3) is 5.91 Å². The van der Waals surface area contributed by atoms with E-state index in [1.807, 2.05) is 54.6 Å². The molecule has 2 aliphatic heterocycles. The molecule has 0 unspecified atom stereocenters. The van der Waals surface area contributed by atoms with Gasteiger partial charge < -0.3 is 34.3 Å². The van der Waals surface area contributed by atoms with Crippen molar-refractivity contribution in [2.24, 2.45) is 5.92 Å². The first kappa shape index (κ1) is 33.0. The Morgan fingerprint density at radius 1 is 1.00 bits per heavy atom. The Balaban J connectivity index is 1.16. The Hall–Kier alpha value is -5.52. The quantitative estimate of drug-likeness (QED) is 0.170. The van der Waals surface area contributed by atoms with Crippen molar-refractivity contribution in [2.75, 3.05) is 19.0 Å². The lowest BCUT2D eigenvalue weighted by Crippen LogP contribution is -2.57. The predicted molar refractivity (Wildman–Crippen MR) is 185 cm³/mol. The summed E-state index contributed by atoms with van der Waals surface area (Å²) in [5, 5.41) is 6.46. The lowest BCUT2D eigenvalue weighted by atomic mass is 10.0. The second kappa shape index (κ2) is 14.5. The van der Waals surface area contributed by atoms with Crippen LogP contribution in [-0.2, 0) is 14.4 Å². The van der Waals surface area contributed by atoms with Crippen LogP contribution in [-0.4, -0.2) is 65.0 Å². The molecule has 260 valence electrons. The van der Waals surface area contributed by atoms with Crippen LogP contribution in [0.15, 0.2) is 95.4 Å². The Kier molecular flexibility index (Phi) is 9.59. The number of allylic oxidation sites excluding steroid dienone is 1. The monoisotopic (exact) mass is 679 g/mol.